The second-order valence-electron chi connectivity index (χ2n) is 4.81. The average Bonchev–Trinajstić information content (AvgIpc) is 2.35. The lowest BCUT2D eigenvalue weighted by Crippen LogP contribution is -2.29. The molecule has 2 aromatic rings. The van der Waals surface area contributed by atoms with Gasteiger partial charge in [0.1, 0.15) is 0 Å². The number of nitrogens with one attached hydrogen (secondary N) is 1. The van der Waals surface area contributed by atoms with Gasteiger partial charge in [0.15, 0.2) is 0 Å². The maximum Gasteiger partial charge on any atom is 0.0702 e. The summed E-state index contributed by atoms with van der Waals surface area (Å²) in [6.07, 6.45) is 2.92. The number of aromatic nitrogens is 1. The van der Waals surface area contributed by atoms with Crippen molar-refractivity contribution in [1.29, 1.82) is 0 Å². The van der Waals surface area contributed by atoms with Gasteiger partial charge in [-0.05, 0) is 30.0 Å². The van der Waals surface area contributed by atoms with Gasteiger partial charge in [-0.3, -0.25) is 16.3 Å². The molecule has 0 saturated carbocycles. The monoisotopic (exact) mass is 229 g/mol. The van der Waals surface area contributed by atoms with Crippen molar-refractivity contribution in [3.63, 3.8) is 0 Å². The molecule has 90 valence electrons. The summed E-state index contributed by atoms with van der Waals surface area (Å²) in [6, 6.07) is 10.5. The second kappa shape index (κ2) is 5.25. The lowest BCUT2D eigenvalue weighted by atomic mass is 9.98. The summed E-state index contributed by atoms with van der Waals surface area (Å²) < 4.78 is 0. The van der Waals surface area contributed by atoms with E-state index in [-0.39, 0.29) is 6.04 Å². The zero-order valence-electron chi connectivity index (χ0n) is 10.4. The Hall–Kier alpha value is -1.45. The Morgan fingerprint density at radius 2 is 2.06 bits per heavy atom. The van der Waals surface area contributed by atoms with Gasteiger partial charge in [-0.25, -0.2) is 0 Å². The first kappa shape index (κ1) is 12.0. The zero-order chi connectivity index (χ0) is 12.3. The fourth-order valence-electron chi connectivity index (χ4n) is 2.05. The van der Waals surface area contributed by atoms with Crippen molar-refractivity contribution in [3.05, 3.63) is 42.1 Å². The Balaban J connectivity index is 2.34. The molecule has 0 amide bonds. The van der Waals surface area contributed by atoms with Crippen molar-refractivity contribution in [1.82, 2.24) is 10.4 Å². The summed E-state index contributed by atoms with van der Waals surface area (Å²) in [7, 11) is 0. The van der Waals surface area contributed by atoms with Crippen LogP contribution in [0, 0.1) is 5.92 Å². The molecular weight excluding hydrogens is 210 g/mol. The van der Waals surface area contributed by atoms with E-state index in [0.29, 0.717) is 5.92 Å². The van der Waals surface area contributed by atoms with E-state index in [4.69, 9.17) is 5.84 Å². The number of hydrogen-bond acceptors (Lipinski definition) is 3. The molecular formula is C14H19N3. The summed E-state index contributed by atoms with van der Waals surface area (Å²) in [5, 5.41) is 1.16. The first-order valence-corrected chi connectivity index (χ1v) is 6.01. The predicted octanol–water partition coefficient (Wildman–Crippen LogP) is 2.79. The summed E-state index contributed by atoms with van der Waals surface area (Å²) >= 11 is 0. The normalized spacial score (nSPS) is 13.2. The molecule has 1 unspecified atom stereocenters. The molecule has 3 heteroatoms. The summed E-state index contributed by atoms with van der Waals surface area (Å²) in [4.78, 5) is 4.46. The van der Waals surface area contributed by atoms with Crippen LogP contribution < -0.4 is 11.3 Å². The van der Waals surface area contributed by atoms with Gasteiger partial charge in [0.25, 0.3) is 0 Å². The molecule has 0 aliphatic carbocycles. The Kier molecular flexibility index (Phi) is 3.71. The van der Waals surface area contributed by atoms with E-state index >= 15 is 0 Å². The van der Waals surface area contributed by atoms with Crippen LogP contribution in [0.15, 0.2) is 36.5 Å². The maximum atomic E-state index is 5.62. The quantitative estimate of drug-likeness (QED) is 0.626. The molecule has 0 bridgehead atoms. The number of pyridine rings is 1. The highest BCUT2D eigenvalue weighted by molar-refractivity contribution is 5.78. The van der Waals surface area contributed by atoms with E-state index in [0.717, 1.165) is 22.9 Å². The van der Waals surface area contributed by atoms with E-state index < -0.39 is 0 Å². The number of para-hydroxylation sites is 1. The van der Waals surface area contributed by atoms with Crippen molar-refractivity contribution in [3.8, 4) is 0 Å². The van der Waals surface area contributed by atoms with Crippen LogP contribution in [0.1, 0.15) is 31.9 Å². The van der Waals surface area contributed by atoms with Crippen LogP contribution in [-0.2, 0) is 0 Å². The van der Waals surface area contributed by atoms with Gasteiger partial charge in [-0.15, -0.1) is 0 Å². The van der Waals surface area contributed by atoms with E-state index in [1.807, 2.05) is 24.4 Å². The van der Waals surface area contributed by atoms with Gasteiger partial charge in [0.2, 0.25) is 0 Å². The van der Waals surface area contributed by atoms with Crippen LogP contribution in [0.25, 0.3) is 10.9 Å². The van der Waals surface area contributed by atoms with E-state index in [1.165, 1.54) is 0 Å². The van der Waals surface area contributed by atoms with Gasteiger partial charge in [-0.1, -0.05) is 32.0 Å². The third kappa shape index (κ3) is 2.81. The average molecular weight is 229 g/mol. The minimum absolute atomic E-state index is 0.173. The molecule has 3 N–H and O–H groups in total. The van der Waals surface area contributed by atoms with Gasteiger partial charge < -0.3 is 0 Å². The van der Waals surface area contributed by atoms with Crippen LogP contribution in [0.3, 0.4) is 0 Å². The van der Waals surface area contributed by atoms with Crippen LogP contribution in [0.4, 0.5) is 0 Å². The number of hydrazine groups is 1. The minimum Gasteiger partial charge on any atom is -0.271 e. The topological polar surface area (TPSA) is 50.9 Å². The molecule has 0 saturated heterocycles. The molecule has 3 nitrogen and oxygen atoms in total. The molecule has 1 aromatic carbocycles. The molecule has 1 heterocycles. The van der Waals surface area contributed by atoms with Gasteiger partial charge in [-0.2, -0.15) is 0 Å². The van der Waals surface area contributed by atoms with E-state index in [2.05, 4.69) is 36.4 Å². The van der Waals surface area contributed by atoms with Crippen molar-refractivity contribution < 1.29 is 0 Å². The summed E-state index contributed by atoms with van der Waals surface area (Å²) in [6.45, 7) is 4.39. The fourth-order valence-corrected chi connectivity index (χ4v) is 2.05. The smallest absolute Gasteiger partial charge is 0.0702 e. The highest BCUT2D eigenvalue weighted by Gasteiger charge is 2.12. The predicted molar refractivity (Wildman–Crippen MR) is 71.3 cm³/mol. The highest BCUT2D eigenvalue weighted by Crippen LogP contribution is 2.22. The number of hydrogen-bond donors (Lipinski definition) is 2. The lowest BCUT2D eigenvalue weighted by Gasteiger charge is -2.18. The molecule has 0 fully saturated rings. The number of nitrogens with two attached hydrogens (primary N) is 1. The van der Waals surface area contributed by atoms with Crippen LogP contribution in [0.2, 0.25) is 0 Å². The fraction of sp³-hybridized carbons (Fsp3) is 0.357. The SMILES string of the molecule is CC(C)CC(NN)c1cnc2ccccc2c1. The first-order chi connectivity index (χ1) is 8.20. The van der Waals surface area contributed by atoms with Gasteiger partial charge in [0, 0.05) is 17.6 Å². The Labute approximate surface area is 102 Å². The molecule has 0 spiro atoms. The molecule has 1 aromatic heterocycles. The van der Waals surface area contributed by atoms with E-state index in [9.17, 15) is 0 Å². The summed E-state index contributed by atoms with van der Waals surface area (Å²) in [5.41, 5.74) is 5.05. The Morgan fingerprint density at radius 3 is 2.76 bits per heavy atom. The highest BCUT2D eigenvalue weighted by atomic mass is 15.2. The first-order valence-electron chi connectivity index (χ1n) is 6.01. The third-order valence-electron chi connectivity index (χ3n) is 2.92. The largest absolute Gasteiger partial charge is 0.271 e. The molecule has 2 rings (SSSR count). The molecule has 17 heavy (non-hydrogen) atoms. The number of benzene rings is 1. The standard InChI is InChI=1S/C14H19N3/c1-10(2)7-14(17-15)12-8-11-5-3-4-6-13(11)16-9-12/h3-6,8-10,14,17H,7,15H2,1-2H3. The maximum absolute atomic E-state index is 5.62. The lowest BCUT2D eigenvalue weighted by molar-refractivity contribution is 0.437. The van der Waals surface area contributed by atoms with Crippen LogP contribution in [-0.4, -0.2) is 4.98 Å². The second-order valence-corrected chi connectivity index (χ2v) is 4.81. The van der Waals surface area contributed by atoms with Crippen LogP contribution in [0.5, 0.6) is 0 Å². The van der Waals surface area contributed by atoms with Crippen molar-refractivity contribution >= 4 is 10.9 Å². The Bertz CT molecular complexity index is 494. The van der Waals surface area contributed by atoms with Crippen LogP contribution >= 0.6 is 0 Å². The van der Waals surface area contributed by atoms with E-state index in [1.54, 1.807) is 0 Å². The van der Waals surface area contributed by atoms with Crippen molar-refractivity contribution in [2.75, 3.05) is 0 Å². The van der Waals surface area contributed by atoms with Crippen molar-refractivity contribution in [2.24, 2.45) is 11.8 Å². The molecule has 0 radical (unpaired) electrons. The van der Waals surface area contributed by atoms with Gasteiger partial charge in [0.05, 0.1) is 5.52 Å². The summed E-state index contributed by atoms with van der Waals surface area (Å²) in [5.74, 6) is 6.22. The minimum atomic E-state index is 0.173. The number of rotatable bonds is 4. The Morgan fingerprint density at radius 1 is 1.29 bits per heavy atom. The number of nitrogens with zero attached hydrogens (tertiary/aromatic N) is 1. The van der Waals surface area contributed by atoms with Crippen molar-refractivity contribution in [2.45, 2.75) is 26.3 Å². The molecule has 0 aliphatic heterocycles. The third-order valence-corrected chi connectivity index (χ3v) is 2.92. The zero-order valence-corrected chi connectivity index (χ0v) is 10.4. The molecule has 1 atom stereocenters. The van der Waals surface area contributed by atoms with Gasteiger partial charge >= 0.3 is 0 Å². The molecule has 0 aliphatic rings. The number of fused-ring (bicyclic) bond motifs is 1.